The van der Waals surface area contributed by atoms with Gasteiger partial charge in [0.25, 0.3) is 0 Å². The lowest BCUT2D eigenvalue weighted by Gasteiger charge is -2.03. The second-order valence-electron chi connectivity index (χ2n) is 2.93. The van der Waals surface area contributed by atoms with Gasteiger partial charge in [-0.1, -0.05) is 0 Å². The molecule has 0 fully saturated rings. The number of hydrogen-bond acceptors (Lipinski definition) is 5. The Labute approximate surface area is 87.0 Å². The average molecular weight is 211 g/mol. The number of nitrogens with zero attached hydrogens (tertiary/aromatic N) is 2. The molecule has 3 N–H and O–H groups in total. The lowest BCUT2D eigenvalue weighted by atomic mass is 10.3. The molecule has 1 heterocycles. The summed E-state index contributed by atoms with van der Waals surface area (Å²) in [6.07, 6.45) is 2.88. The lowest BCUT2D eigenvalue weighted by Crippen LogP contribution is -2.09. The van der Waals surface area contributed by atoms with Gasteiger partial charge < -0.3 is 15.5 Å². The van der Waals surface area contributed by atoms with Crippen molar-refractivity contribution in [3.63, 3.8) is 0 Å². The van der Waals surface area contributed by atoms with Crippen LogP contribution in [0.3, 0.4) is 0 Å². The maximum atomic E-state index is 10.6. The molecule has 1 aromatic rings. The van der Waals surface area contributed by atoms with Crippen molar-refractivity contribution in [2.24, 2.45) is 0 Å². The molecule has 0 unspecified atom stereocenters. The van der Waals surface area contributed by atoms with Gasteiger partial charge in [0.15, 0.2) is 5.69 Å². The first kappa shape index (κ1) is 11.4. The van der Waals surface area contributed by atoms with Gasteiger partial charge in [-0.15, -0.1) is 0 Å². The highest BCUT2D eigenvalue weighted by atomic mass is 16.4. The summed E-state index contributed by atoms with van der Waals surface area (Å²) in [5.74, 6) is -0.774. The van der Waals surface area contributed by atoms with Crippen molar-refractivity contribution in [2.75, 3.05) is 18.5 Å². The topological polar surface area (TPSA) is 95.3 Å². The number of rotatable bonds is 6. The number of carboxylic acid groups (broad SMARTS) is 1. The van der Waals surface area contributed by atoms with Crippen molar-refractivity contribution >= 4 is 11.9 Å². The van der Waals surface area contributed by atoms with Crippen LogP contribution in [0.4, 0.5) is 5.95 Å². The SMILES string of the molecule is O=C(O)c1ccnc(NCCCCO)n1. The number of aliphatic hydroxyl groups is 1. The van der Waals surface area contributed by atoms with E-state index in [0.717, 1.165) is 6.42 Å². The lowest BCUT2D eigenvalue weighted by molar-refractivity contribution is 0.0690. The van der Waals surface area contributed by atoms with Crippen LogP contribution in [-0.2, 0) is 0 Å². The van der Waals surface area contributed by atoms with Crippen molar-refractivity contribution in [1.82, 2.24) is 9.97 Å². The number of aromatic nitrogens is 2. The quantitative estimate of drug-likeness (QED) is 0.588. The number of aromatic carboxylic acids is 1. The van der Waals surface area contributed by atoms with Gasteiger partial charge in [-0.2, -0.15) is 0 Å². The fourth-order valence-corrected chi connectivity index (χ4v) is 1.000. The minimum atomic E-state index is -1.07. The maximum absolute atomic E-state index is 10.6. The molecule has 1 rings (SSSR count). The van der Waals surface area contributed by atoms with Crippen molar-refractivity contribution in [2.45, 2.75) is 12.8 Å². The third kappa shape index (κ3) is 3.90. The Morgan fingerprint density at radius 2 is 2.27 bits per heavy atom. The van der Waals surface area contributed by atoms with Gasteiger partial charge in [0.1, 0.15) is 0 Å². The Morgan fingerprint density at radius 3 is 2.93 bits per heavy atom. The molecule has 0 radical (unpaired) electrons. The van der Waals surface area contributed by atoms with E-state index in [-0.39, 0.29) is 12.3 Å². The molecule has 0 aliphatic rings. The Hall–Kier alpha value is -1.69. The first-order valence-corrected chi connectivity index (χ1v) is 4.65. The smallest absolute Gasteiger partial charge is 0.354 e. The molecule has 6 nitrogen and oxygen atoms in total. The highest BCUT2D eigenvalue weighted by Crippen LogP contribution is 2.00. The second-order valence-corrected chi connectivity index (χ2v) is 2.93. The predicted octanol–water partition coefficient (Wildman–Crippen LogP) is 0.359. The van der Waals surface area contributed by atoms with E-state index in [1.165, 1.54) is 12.3 Å². The van der Waals surface area contributed by atoms with Gasteiger partial charge in [0.05, 0.1) is 0 Å². The third-order valence-electron chi connectivity index (χ3n) is 1.74. The molecule has 0 aromatic carbocycles. The summed E-state index contributed by atoms with van der Waals surface area (Å²) in [6.45, 7) is 0.765. The van der Waals surface area contributed by atoms with Crippen LogP contribution in [0, 0.1) is 0 Å². The summed E-state index contributed by atoms with van der Waals surface area (Å²) >= 11 is 0. The minimum absolute atomic E-state index is 0.0327. The van der Waals surface area contributed by atoms with Gasteiger partial charge in [0, 0.05) is 19.3 Å². The molecule has 6 heteroatoms. The molecule has 0 aliphatic heterocycles. The van der Waals surface area contributed by atoms with Crippen LogP contribution in [-0.4, -0.2) is 39.3 Å². The van der Waals surface area contributed by atoms with Crippen LogP contribution in [0.15, 0.2) is 12.3 Å². The van der Waals surface area contributed by atoms with Crippen LogP contribution in [0.25, 0.3) is 0 Å². The first-order chi connectivity index (χ1) is 7.24. The Kier molecular flexibility index (Phi) is 4.49. The van der Waals surface area contributed by atoms with Crippen LogP contribution < -0.4 is 5.32 Å². The molecule has 15 heavy (non-hydrogen) atoms. The fourth-order valence-electron chi connectivity index (χ4n) is 1.000. The number of nitrogens with one attached hydrogen (secondary N) is 1. The molecule has 0 saturated carbocycles. The van der Waals surface area contributed by atoms with E-state index in [9.17, 15) is 4.79 Å². The van der Waals surface area contributed by atoms with Crippen molar-refractivity contribution in [3.8, 4) is 0 Å². The third-order valence-corrected chi connectivity index (χ3v) is 1.74. The van der Waals surface area contributed by atoms with Crippen LogP contribution >= 0.6 is 0 Å². The number of carbonyl (C=O) groups is 1. The summed E-state index contributed by atoms with van der Waals surface area (Å²) in [5.41, 5.74) is -0.0327. The second kappa shape index (κ2) is 5.92. The Balaban J connectivity index is 2.47. The van der Waals surface area contributed by atoms with Crippen molar-refractivity contribution in [3.05, 3.63) is 18.0 Å². The zero-order valence-electron chi connectivity index (χ0n) is 8.18. The molecular weight excluding hydrogens is 198 g/mol. The molecule has 1 aromatic heterocycles. The van der Waals surface area contributed by atoms with Gasteiger partial charge in [-0.3, -0.25) is 0 Å². The predicted molar refractivity (Wildman–Crippen MR) is 53.8 cm³/mol. The number of hydrogen-bond donors (Lipinski definition) is 3. The molecular formula is C9H13N3O3. The van der Waals surface area contributed by atoms with Crippen molar-refractivity contribution < 1.29 is 15.0 Å². The van der Waals surface area contributed by atoms with Crippen molar-refractivity contribution in [1.29, 1.82) is 0 Å². The summed E-state index contributed by atoms with van der Waals surface area (Å²) in [7, 11) is 0. The molecule has 0 aliphatic carbocycles. The summed E-state index contributed by atoms with van der Waals surface area (Å²) in [4.78, 5) is 18.2. The number of aliphatic hydroxyl groups excluding tert-OH is 1. The maximum Gasteiger partial charge on any atom is 0.354 e. The number of unbranched alkanes of at least 4 members (excludes halogenated alkanes) is 1. The number of carboxylic acids is 1. The van der Waals surface area contributed by atoms with E-state index < -0.39 is 5.97 Å². The number of anilines is 1. The standard InChI is InChI=1S/C9H13N3O3/c13-6-2-1-4-10-9-11-5-3-7(12-9)8(14)15/h3,5,13H,1-2,4,6H2,(H,14,15)(H,10,11,12). The van der Waals surface area contributed by atoms with Crippen LogP contribution in [0.2, 0.25) is 0 Å². The first-order valence-electron chi connectivity index (χ1n) is 4.65. The fraction of sp³-hybridized carbons (Fsp3) is 0.444. The summed E-state index contributed by atoms with van der Waals surface area (Å²) in [6, 6.07) is 1.33. The van der Waals surface area contributed by atoms with E-state index >= 15 is 0 Å². The summed E-state index contributed by atoms with van der Waals surface area (Å²) < 4.78 is 0. The van der Waals surface area contributed by atoms with E-state index in [1.807, 2.05) is 0 Å². The van der Waals surface area contributed by atoms with E-state index in [2.05, 4.69) is 15.3 Å². The summed E-state index contributed by atoms with van der Waals surface area (Å²) in [5, 5.41) is 20.1. The molecule has 0 amide bonds. The average Bonchev–Trinajstić information content (AvgIpc) is 2.25. The Morgan fingerprint density at radius 1 is 1.47 bits per heavy atom. The molecule has 0 atom stereocenters. The minimum Gasteiger partial charge on any atom is -0.477 e. The van der Waals surface area contributed by atoms with Gasteiger partial charge in [-0.25, -0.2) is 14.8 Å². The van der Waals surface area contributed by atoms with Gasteiger partial charge in [-0.05, 0) is 18.9 Å². The highest BCUT2D eigenvalue weighted by molar-refractivity contribution is 5.85. The molecule has 0 spiro atoms. The largest absolute Gasteiger partial charge is 0.477 e. The zero-order chi connectivity index (χ0) is 11.1. The van der Waals surface area contributed by atoms with E-state index in [1.54, 1.807) is 0 Å². The zero-order valence-corrected chi connectivity index (χ0v) is 8.18. The molecule has 0 saturated heterocycles. The van der Waals surface area contributed by atoms with Gasteiger partial charge in [0.2, 0.25) is 5.95 Å². The van der Waals surface area contributed by atoms with Crippen LogP contribution in [0.1, 0.15) is 23.3 Å². The molecule has 82 valence electrons. The normalized spacial score (nSPS) is 9.93. The Bertz CT molecular complexity index is 330. The van der Waals surface area contributed by atoms with E-state index in [0.29, 0.717) is 18.9 Å². The highest BCUT2D eigenvalue weighted by Gasteiger charge is 2.05. The molecule has 0 bridgehead atoms. The van der Waals surface area contributed by atoms with Gasteiger partial charge >= 0.3 is 5.97 Å². The monoisotopic (exact) mass is 211 g/mol. The van der Waals surface area contributed by atoms with Crippen LogP contribution in [0.5, 0.6) is 0 Å². The van der Waals surface area contributed by atoms with E-state index in [4.69, 9.17) is 10.2 Å².